The number of nitrogens with zero attached hydrogens (tertiary/aromatic N) is 3. The van der Waals surface area contributed by atoms with E-state index in [0.717, 1.165) is 4.31 Å². The van der Waals surface area contributed by atoms with Gasteiger partial charge < -0.3 is 0 Å². The Labute approximate surface area is 82.5 Å². The minimum absolute atomic E-state index is 0.520. The summed E-state index contributed by atoms with van der Waals surface area (Å²) < 4.78 is 31.2. The van der Waals surface area contributed by atoms with Gasteiger partial charge in [0.15, 0.2) is 0 Å². The van der Waals surface area contributed by atoms with E-state index in [9.17, 15) is 8.42 Å². The fourth-order valence-corrected chi connectivity index (χ4v) is 1.44. The van der Waals surface area contributed by atoms with Crippen LogP contribution in [0.2, 0.25) is 0 Å². The highest BCUT2D eigenvalue weighted by molar-refractivity contribution is 7.83. The monoisotopic (exact) mass is 217 g/mol. The first kappa shape index (κ1) is 11.0. The van der Waals surface area contributed by atoms with Crippen molar-refractivity contribution in [1.82, 2.24) is 14.3 Å². The molecule has 1 N–H and O–H groups in total. The van der Waals surface area contributed by atoms with Crippen LogP contribution in [0.1, 0.15) is 18.7 Å². The maximum atomic E-state index is 10.8. The lowest BCUT2D eigenvalue weighted by molar-refractivity contribution is 0.337. The predicted octanol–water partition coefficient (Wildman–Crippen LogP) is 0.272. The molecule has 0 aliphatic heterocycles. The zero-order chi connectivity index (χ0) is 10.8. The molecule has 1 atom stereocenters. The van der Waals surface area contributed by atoms with Gasteiger partial charge in [-0.05, 0) is 13.0 Å². The van der Waals surface area contributed by atoms with Gasteiger partial charge >= 0.3 is 10.3 Å². The molecule has 1 unspecified atom stereocenters. The fourth-order valence-electron chi connectivity index (χ4n) is 0.934. The van der Waals surface area contributed by atoms with Crippen molar-refractivity contribution in [1.29, 1.82) is 0 Å². The van der Waals surface area contributed by atoms with Gasteiger partial charge in [-0.25, -0.2) is 9.97 Å². The molecule has 78 valence electrons. The number of aromatic nitrogens is 2. The molecule has 0 bridgehead atoms. The molecule has 1 heterocycles. The Morgan fingerprint density at radius 2 is 2.21 bits per heavy atom. The average Bonchev–Trinajstić information content (AvgIpc) is 2.15. The van der Waals surface area contributed by atoms with Gasteiger partial charge in [0.25, 0.3) is 0 Å². The van der Waals surface area contributed by atoms with Crippen molar-refractivity contribution in [2.75, 3.05) is 7.05 Å². The maximum Gasteiger partial charge on any atom is 0.336 e. The smallest absolute Gasteiger partial charge is 0.273 e. The lowest BCUT2D eigenvalue weighted by Crippen LogP contribution is -2.29. The maximum absolute atomic E-state index is 10.8. The van der Waals surface area contributed by atoms with Gasteiger partial charge in [-0.15, -0.1) is 0 Å². The number of hydrogen-bond acceptors (Lipinski definition) is 4. The van der Waals surface area contributed by atoms with Crippen LogP contribution >= 0.6 is 0 Å². The first-order chi connectivity index (χ1) is 6.43. The second-order valence-corrected chi connectivity index (χ2v) is 4.28. The Morgan fingerprint density at radius 3 is 2.64 bits per heavy atom. The normalized spacial score (nSPS) is 14.3. The molecule has 1 aromatic rings. The summed E-state index contributed by atoms with van der Waals surface area (Å²) in [4.78, 5) is 7.59. The van der Waals surface area contributed by atoms with E-state index >= 15 is 0 Å². The minimum Gasteiger partial charge on any atom is -0.273 e. The standard InChI is InChI=1S/C7H11N3O3S/c1-6(10(2)14(11,12)13)7-3-4-8-5-9-7/h3-6H,1-2H3,(H,11,12,13). The fraction of sp³-hybridized carbons (Fsp3) is 0.429. The Hall–Kier alpha value is -1.05. The van der Waals surface area contributed by atoms with Crippen molar-refractivity contribution in [3.8, 4) is 0 Å². The lowest BCUT2D eigenvalue weighted by Gasteiger charge is -2.19. The summed E-state index contributed by atoms with van der Waals surface area (Å²) in [6, 6.07) is 1.07. The molecule has 1 aromatic heterocycles. The summed E-state index contributed by atoms with van der Waals surface area (Å²) in [6.45, 7) is 1.62. The SMILES string of the molecule is CC(c1ccncn1)N(C)S(=O)(=O)O. The summed E-state index contributed by atoms with van der Waals surface area (Å²) in [5, 5.41) is 0. The van der Waals surface area contributed by atoms with Crippen LogP contribution in [0.15, 0.2) is 18.6 Å². The molecule has 0 amide bonds. The Bertz CT molecular complexity index is 392. The third-order valence-electron chi connectivity index (χ3n) is 1.94. The van der Waals surface area contributed by atoms with E-state index in [1.165, 1.54) is 19.6 Å². The largest absolute Gasteiger partial charge is 0.336 e. The first-order valence-electron chi connectivity index (χ1n) is 3.89. The average molecular weight is 217 g/mol. The highest BCUT2D eigenvalue weighted by Crippen LogP contribution is 2.17. The van der Waals surface area contributed by atoms with Gasteiger partial charge in [0.1, 0.15) is 6.33 Å². The minimum atomic E-state index is -4.18. The van der Waals surface area contributed by atoms with Gasteiger partial charge in [-0.3, -0.25) is 4.55 Å². The van der Waals surface area contributed by atoms with Crippen molar-refractivity contribution in [3.63, 3.8) is 0 Å². The van der Waals surface area contributed by atoms with E-state index in [2.05, 4.69) is 9.97 Å². The van der Waals surface area contributed by atoms with Crippen LogP contribution in [-0.2, 0) is 10.3 Å². The molecule has 0 aliphatic carbocycles. The Balaban J connectivity index is 2.92. The molecular formula is C7H11N3O3S. The molecular weight excluding hydrogens is 206 g/mol. The van der Waals surface area contributed by atoms with Crippen molar-refractivity contribution in [2.45, 2.75) is 13.0 Å². The van der Waals surface area contributed by atoms with Crippen molar-refractivity contribution in [3.05, 3.63) is 24.3 Å². The summed E-state index contributed by atoms with van der Waals surface area (Å²) >= 11 is 0. The van der Waals surface area contributed by atoms with Crippen LogP contribution in [0.3, 0.4) is 0 Å². The molecule has 1 rings (SSSR count). The lowest BCUT2D eigenvalue weighted by atomic mass is 10.2. The third-order valence-corrected chi connectivity index (χ3v) is 2.99. The zero-order valence-electron chi connectivity index (χ0n) is 7.82. The van der Waals surface area contributed by atoms with Gasteiger partial charge in [0, 0.05) is 13.2 Å². The molecule has 0 saturated heterocycles. The third kappa shape index (κ3) is 2.47. The van der Waals surface area contributed by atoms with E-state index in [4.69, 9.17) is 4.55 Å². The van der Waals surface area contributed by atoms with Gasteiger partial charge in [0.05, 0.1) is 11.7 Å². The predicted molar refractivity (Wildman–Crippen MR) is 49.8 cm³/mol. The van der Waals surface area contributed by atoms with Crippen LogP contribution < -0.4 is 0 Å². The van der Waals surface area contributed by atoms with Gasteiger partial charge in [-0.1, -0.05) is 0 Å². The van der Waals surface area contributed by atoms with Crippen LogP contribution in [0.4, 0.5) is 0 Å². The molecule has 6 nitrogen and oxygen atoms in total. The first-order valence-corrected chi connectivity index (χ1v) is 5.29. The molecule has 7 heteroatoms. The molecule has 14 heavy (non-hydrogen) atoms. The molecule has 0 saturated carbocycles. The van der Waals surface area contributed by atoms with Crippen LogP contribution in [0.25, 0.3) is 0 Å². The van der Waals surface area contributed by atoms with E-state index in [1.54, 1.807) is 13.0 Å². The summed E-state index contributed by atoms with van der Waals surface area (Å²) in [7, 11) is -2.90. The van der Waals surface area contributed by atoms with E-state index in [0.29, 0.717) is 5.69 Å². The second kappa shape index (κ2) is 3.99. The number of rotatable bonds is 3. The highest BCUT2D eigenvalue weighted by atomic mass is 32.2. The Kier molecular flexibility index (Phi) is 3.14. The van der Waals surface area contributed by atoms with Crippen LogP contribution in [0.5, 0.6) is 0 Å². The highest BCUT2D eigenvalue weighted by Gasteiger charge is 2.22. The zero-order valence-corrected chi connectivity index (χ0v) is 8.64. The molecule has 0 aliphatic rings. The van der Waals surface area contributed by atoms with E-state index in [-0.39, 0.29) is 0 Å². The number of hydrogen-bond donors (Lipinski definition) is 1. The van der Waals surface area contributed by atoms with E-state index in [1.807, 2.05) is 0 Å². The van der Waals surface area contributed by atoms with Crippen LogP contribution in [-0.4, -0.2) is 34.3 Å². The molecule has 0 radical (unpaired) electrons. The van der Waals surface area contributed by atoms with Crippen molar-refractivity contribution in [2.24, 2.45) is 0 Å². The van der Waals surface area contributed by atoms with E-state index < -0.39 is 16.3 Å². The van der Waals surface area contributed by atoms with Crippen LogP contribution in [0, 0.1) is 0 Å². The summed E-state index contributed by atoms with van der Waals surface area (Å²) in [6.07, 6.45) is 2.83. The topological polar surface area (TPSA) is 83.4 Å². The molecule has 0 spiro atoms. The second-order valence-electron chi connectivity index (χ2n) is 2.80. The Morgan fingerprint density at radius 1 is 1.57 bits per heavy atom. The van der Waals surface area contributed by atoms with Crippen molar-refractivity contribution >= 4 is 10.3 Å². The quantitative estimate of drug-likeness (QED) is 0.735. The molecule has 0 fully saturated rings. The summed E-state index contributed by atoms with van der Waals surface area (Å²) in [5.41, 5.74) is 0.528. The van der Waals surface area contributed by atoms with Gasteiger partial charge in [-0.2, -0.15) is 12.7 Å². The summed E-state index contributed by atoms with van der Waals surface area (Å²) in [5.74, 6) is 0. The van der Waals surface area contributed by atoms with Crippen molar-refractivity contribution < 1.29 is 13.0 Å². The molecule has 0 aromatic carbocycles. The van der Waals surface area contributed by atoms with Gasteiger partial charge in [0.2, 0.25) is 0 Å².